The fourth-order valence-corrected chi connectivity index (χ4v) is 4.37. The van der Waals surface area contributed by atoms with Crippen molar-refractivity contribution < 1.29 is 19.4 Å². The van der Waals surface area contributed by atoms with Crippen molar-refractivity contribution in [2.75, 3.05) is 6.54 Å². The quantitative estimate of drug-likeness (QED) is 0.576. The molecule has 0 radical (unpaired) electrons. The third-order valence-corrected chi connectivity index (χ3v) is 5.71. The standard InChI is InChI=1S/C25H27N3O4/c1-15(2)32-23-7-4-17(10-18(23)13-26)14-31-19-5-6-22-20(11-19)16(3)25-21(12-24(29)30)27-8-9-28(22)25/h4-7,10-11,15,21,27H,8-9,12,14H2,1-3H3,(H,29,30). The fraction of sp³-hybridized carbons (Fsp3) is 0.360. The summed E-state index contributed by atoms with van der Waals surface area (Å²) in [6.07, 6.45) is 0.0517. The van der Waals surface area contributed by atoms with Crippen molar-refractivity contribution in [3.05, 3.63) is 58.8 Å². The minimum Gasteiger partial charge on any atom is -0.490 e. The van der Waals surface area contributed by atoms with E-state index < -0.39 is 5.97 Å². The first kappa shape index (κ1) is 21.7. The van der Waals surface area contributed by atoms with E-state index >= 15 is 0 Å². The molecule has 166 valence electrons. The zero-order chi connectivity index (χ0) is 22.8. The Morgan fingerprint density at radius 3 is 2.84 bits per heavy atom. The number of rotatable bonds is 7. The minimum absolute atomic E-state index is 0.00213. The lowest BCUT2D eigenvalue weighted by Crippen LogP contribution is -2.34. The average Bonchev–Trinajstić information content (AvgIpc) is 3.05. The summed E-state index contributed by atoms with van der Waals surface area (Å²) in [4.78, 5) is 11.3. The second-order valence-electron chi connectivity index (χ2n) is 8.34. The summed E-state index contributed by atoms with van der Waals surface area (Å²) < 4.78 is 13.9. The van der Waals surface area contributed by atoms with E-state index in [9.17, 15) is 15.2 Å². The molecule has 1 aliphatic rings. The fourth-order valence-electron chi connectivity index (χ4n) is 4.37. The molecule has 7 nitrogen and oxygen atoms in total. The van der Waals surface area contributed by atoms with Gasteiger partial charge in [-0.05, 0) is 62.2 Å². The van der Waals surface area contributed by atoms with Crippen LogP contribution in [0.2, 0.25) is 0 Å². The summed E-state index contributed by atoms with van der Waals surface area (Å²) in [6.45, 7) is 7.76. The molecule has 32 heavy (non-hydrogen) atoms. The Morgan fingerprint density at radius 2 is 2.12 bits per heavy atom. The molecule has 1 atom stereocenters. The molecule has 7 heteroatoms. The van der Waals surface area contributed by atoms with Crippen LogP contribution in [-0.4, -0.2) is 28.3 Å². The number of fused-ring (bicyclic) bond motifs is 3. The largest absolute Gasteiger partial charge is 0.490 e. The van der Waals surface area contributed by atoms with Crippen LogP contribution in [0, 0.1) is 18.3 Å². The lowest BCUT2D eigenvalue weighted by Gasteiger charge is -2.26. The molecule has 1 unspecified atom stereocenters. The van der Waals surface area contributed by atoms with E-state index in [1.54, 1.807) is 6.07 Å². The number of carbonyl (C=O) groups is 1. The molecule has 2 heterocycles. The highest BCUT2D eigenvalue weighted by molar-refractivity contribution is 5.87. The van der Waals surface area contributed by atoms with Gasteiger partial charge in [0, 0.05) is 29.7 Å². The topological polar surface area (TPSA) is 96.5 Å². The predicted octanol–water partition coefficient (Wildman–Crippen LogP) is 4.31. The molecule has 3 aromatic rings. The molecule has 0 aliphatic carbocycles. The van der Waals surface area contributed by atoms with E-state index in [1.807, 2.05) is 51.1 Å². The molecule has 1 aliphatic heterocycles. The molecule has 4 rings (SSSR count). The average molecular weight is 434 g/mol. The normalized spacial score (nSPS) is 15.4. The van der Waals surface area contributed by atoms with Gasteiger partial charge < -0.3 is 24.5 Å². The van der Waals surface area contributed by atoms with Gasteiger partial charge in [0.1, 0.15) is 24.2 Å². The van der Waals surface area contributed by atoms with Gasteiger partial charge in [-0.3, -0.25) is 4.79 Å². The summed E-state index contributed by atoms with van der Waals surface area (Å²) >= 11 is 0. The van der Waals surface area contributed by atoms with Crippen LogP contribution in [-0.2, 0) is 17.9 Å². The van der Waals surface area contributed by atoms with Crippen molar-refractivity contribution in [3.63, 3.8) is 0 Å². The Hall–Kier alpha value is -3.50. The summed E-state index contributed by atoms with van der Waals surface area (Å²) in [5.41, 5.74) is 4.57. The van der Waals surface area contributed by atoms with E-state index in [0.717, 1.165) is 46.6 Å². The second kappa shape index (κ2) is 8.93. The van der Waals surface area contributed by atoms with E-state index in [0.29, 0.717) is 17.9 Å². The third kappa shape index (κ3) is 4.27. The molecular weight excluding hydrogens is 406 g/mol. The molecule has 0 spiro atoms. The maximum absolute atomic E-state index is 11.3. The maximum atomic E-state index is 11.3. The first-order chi connectivity index (χ1) is 15.4. The van der Waals surface area contributed by atoms with Gasteiger partial charge in [0.05, 0.1) is 24.1 Å². The van der Waals surface area contributed by atoms with Crippen LogP contribution in [0.3, 0.4) is 0 Å². The van der Waals surface area contributed by atoms with Crippen molar-refractivity contribution in [1.82, 2.24) is 9.88 Å². The van der Waals surface area contributed by atoms with E-state index in [1.165, 1.54) is 0 Å². The van der Waals surface area contributed by atoms with Crippen LogP contribution >= 0.6 is 0 Å². The summed E-state index contributed by atoms with van der Waals surface area (Å²) in [6, 6.07) is 13.5. The number of aromatic nitrogens is 1. The molecule has 0 saturated heterocycles. The highest BCUT2D eigenvalue weighted by Gasteiger charge is 2.27. The molecule has 2 aromatic carbocycles. The Balaban J connectivity index is 1.57. The number of carboxylic acid groups (broad SMARTS) is 1. The number of carboxylic acids is 1. The highest BCUT2D eigenvalue weighted by Crippen LogP contribution is 2.35. The Labute approximate surface area is 187 Å². The SMILES string of the molecule is Cc1c2n(c3ccc(OCc4ccc(OC(C)C)c(C#N)c4)cc13)CCNC2CC(=O)O. The van der Waals surface area contributed by atoms with Crippen molar-refractivity contribution >= 4 is 16.9 Å². The smallest absolute Gasteiger partial charge is 0.305 e. The zero-order valence-electron chi connectivity index (χ0n) is 18.5. The first-order valence-corrected chi connectivity index (χ1v) is 10.8. The summed E-state index contributed by atoms with van der Waals surface area (Å²) in [7, 11) is 0. The molecule has 0 bridgehead atoms. The number of nitrogens with zero attached hydrogens (tertiary/aromatic N) is 2. The van der Waals surface area contributed by atoms with Gasteiger partial charge in [0.15, 0.2) is 0 Å². The number of aliphatic carboxylic acids is 1. The molecule has 2 N–H and O–H groups in total. The number of hydrogen-bond donors (Lipinski definition) is 2. The van der Waals surface area contributed by atoms with Gasteiger partial charge in [0.2, 0.25) is 0 Å². The van der Waals surface area contributed by atoms with Gasteiger partial charge in [-0.15, -0.1) is 0 Å². The van der Waals surface area contributed by atoms with Gasteiger partial charge in [-0.1, -0.05) is 6.07 Å². The van der Waals surface area contributed by atoms with Gasteiger partial charge in [0.25, 0.3) is 0 Å². The van der Waals surface area contributed by atoms with Crippen LogP contribution in [0.1, 0.15) is 48.7 Å². The van der Waals surface area contributed by atoms with Crippen molar-refractivity contribution in [2.24, 2.45) is 0 Å². The predicted molar refractivity (Wildman–Crippen MR) is 121 cm³/mol. The second-order valence-corrected chi connectivity index (χ2v) is 8.34. The van der Waals surface area contributed by atoms with Crippen LogP contribution in [0.5, 0.6) is 11.5 Å². The minimum atomic E-state index is -0.814. The van der Waals surface area contributed by atoms with Gasteiger partial charge in [-0.25, -0.2) is 0 Å². The molecule has 1 aromatic heterocycles. The number of nitriles is 1. The van der Waals surface area contributed by atoms with Crippen LogP contribution in [0.25, 0.3) is 10.9 Å². The highest BCUT2D eigenvalue weighted by atomic mass is 16.5. The van der Waals surface area contributed by atoms with E-state index in [4.69, 9.17) is 9.47 Å². The Bertz CT molecular complexity index is 1210. The third-order valence-electron chi connectivity index (χ3n) is 5.71. The van der Waals surface area contributed by atoms with E-state index in [-0.39, 0.29) is 18.6 Å². The van der Waals surface area contributed by atoms with Gasteiger partial charge in [-0.2, -0.15) is 5.26 Å². The first-order valence-electron chi connectivity index (χ1n) is 10.8. The summed E-state index contributed by atoms with van der Waals surface area (Å²) in [5.74, 6) is 0.491. The number of nitrogens with one attached hydrogen (secondary N) is 1. The van der Waals surface area contributed by atoms with Crippen LogP contribution in [0.15, 0.2) is 36.4 Å². The number of ether oxygens (including phenoxy) is 2. The number of aryl methyl sites for hydroxylation is 1. The van der Waals surface area contributed by atoms with Crippen molar-refractivity contribution in [3.8, 4) is 17.6 Å². The molecular formula is C25H27N3O4. The molecule has 0 saturated carbocycles. The van der Waals surface area contributed by atoms with Crippen LogP contribution < -0.4 is 14.8 Å². The van der Waals surface area contributed by atoms with E-state index in [2.05, 4.69) is 16.0 Å². The van der Waals surface area contributed by atoms with Crippen LogP contribution in [0.4, 0.5) is 0 Å². The lowest BCUT2D eigenvalue weighted by atomic mass is 10.0. The Kier molecular flexibility index (Phi) is 6.06. The summed E-state index contributed by atoms with van der Waals surface area (Å²) in [5, 5.41) is 23.1. The molecule has 0 fully saturated rings. The number of hydrogen-bond acceptors (Lipinski definition) is 5. The number of benzene rings is 2. The van der Waals surface area contributed by atoms with Crippen molar-refractivity contribution in [2.45, 2.75) is 52.5 Å². The lowest BCUT2D eigenvalue weighted by molar-refractivity contribution is -0.137. The van der Waals surface area contributed by atoms with Gasteiger partial charge >= 0.3 is 5.97 Å². The van der Waals surface area contributed by atoms with Crippen molar-refractivity contribution in [1.29, 1.82) is 5.26 Å². The maximum Gasteiger partial charge on any atom is 0.305 e. The zero-order valence-corrected chi connectivity index (χ0v) is 18.5. The molecule has 0 amide bonds. The Morgan fingerprint density at radius 1 is 1.31 bits per heavy atom. The monoisotopic (exact) mass is 433 g/mol.